The van der Waals surface area contributed by atoms with E-state index in [2.05, 4.69) is 6.92 Å². The summed E-state index contributed by atoms with van der Waals surface area (Å²) < 4.78 is 11.3. The molecule has 0 amide bonds. The highest BCUT2D eigenvalue weighted by atomic mass is 16.5. The number of para-hydroxylation sites is 1. The second kappa shape index (κ2) is 5.10. The van der Waals surface area contributed by atoms with E-state index >= 15 is 0 Å². The fraction of sp³-hybridized carbons (Fsp3) is 0.538. The first-order valence-electron chi connectivity index (χ1n) is 5.70. The molecule has 0 aliphatic rings. The monoisotopic (exact) mass is 223 g/mol. The SMILES string of the molecule is CCOc1cccc(OC(C)(C)CC)c1N. The van der Waals surface area contributed by atoms with E-state index in [4.69, 9.17) is 15.2 Å². The molecule has 0 fully saturated rings. The van der Waals surface area contributed by atoms with Crippen molar-refractivity contribution >= 4 is 5.69 Å². The predicted molar refractivity (Wildman–Crippen MR) is 67.0 cm³/mol. The molecule has 2 N–H and O–H groups in total. The number of hydrogen-bond donors (Lipinski definition) is 1. The zero-order chi connectivity index (χ0) is 12.2. The first-order chi connectivity index (χ1) is 7.50. The van der Waals surface area contributed by atoms with E-state index in [1.807, 2.05) is 39.0 Å². The summed E-state index contributed by atoms with van der Waals surface area (Å²) in [7, 11) is 0. The van der Waals surface area contributed by atoms with Crippen LogP contribution in [0.1, 0.15) is 34.1 Å². The molecule has 1 rings (SSSR count). The average molecular weight is 223 g/mol. The van der Waals surface area contributed by atoms with E-state index in [0.717, 1.165) is 6.42 Å². The molecule has 16 heavy (non-hydrogen) atoms. The molecule has 3 heteroatoms. The van der Waals surface area contributed by atoms with Crippen molar-refractivity contribution in [3.63, 3.8) is 0 Å². The van der Waals surface area contributed by atoms with Crippen molar-refractivity contribution in [1.82, 2.24) is 0 Å². The van der Waals surface area contributed by atoms with Crippen molar-refractivity contribution in [1.29, 1.82) is 0 Å². The van der Waals surface area contributed by atoms with E-state index < -0.39 is 0 Å². The number of ether oxygens (including phenoxy) is 2. The fourth-order valence-electron chi connectivity index (χ4n) is 1.26. The van der Waals surface area contributed by atoms with Gasteiger partial charge in [0.2, 0.25) is 0 Å². The molecule has 0 atom stereocenters. The Kier molecular flexibility index (Phi) is 4.05. The van der Waals surface area contributed by atoms with Gasteiger partial charge in [-0.15, -0.1) is 0 Å². The molecule has 90 valence electrons. The summed E-state index contributed by atoms with van der Waals surface area (Å²) in [5.41, 5.74) is 6.35. The lowest BCUT2D eigenvalue weighted by molar-refractivity contribution is 0.106. The minimum atomic E-state index is -0.209. The molecule has 0 radical (unpaired) electrons. The van der Waals surface area contributed by atoms with E-state index in [9.17, 15) is 0 Å². The molecule has 0 heterocycles. The van der Waals surface area contributed by atoms with Gasteiger partial charge in [-0.25, -0.2) is 0 Å². The Hall–Kier alpha value is -1.38. The number of rotatable bonds is 5. The normalized spacial score (nSPS) is 11.2. The molecule has 0 unspecified atom stereocenters. The maximum absolute atomic E-state index is 5.98. The summed E-state index contributed by atoms with van der Waals surface area (Å²) in [6.07, 6.45) is 0.922. The number of anilines is 1. The third kappa shape index (κ3) is 3.05. The summed E-state index contributed by atoms with van der Waals surface area (Å²) in [4.78, 5) is 0. The minimum Gasteiger partial charge on any atom is -0.492 e. The van der Waals surface area contributed by atoms with Gasteiger partial charge in [0.25, 0.3) is 0 Å². The zero-order valence-corrected chi connectivity index (χ0v) is 10.5. The molecular formula is C13H21NO2. The predicted octanol–water partition coefficient (Wildman–Crippen LogP) is 3.23. The van der Waals surface area contributed by atoms with E-state index in [0.29, 0.717) is 23.8 Å². The van der Waals surface area contributed by atoms with Gasteiger partial charge in [-0.2, -0.15) is 0 Å². The van der Waals surface area contributed by atoms with E-state index in [-0.39, 0.29) is 5.60 Å². The zero-order valence-electron chi connectivity index (χ0n) is 10.5. The van der Waals surface area contributed by atoms with Crippen LogP contribution in [0, 0.1) is 0 Å². The van der Waals surface area contributed by atoms with Gasteiger partial charge in [-0.05, 0) is 39.3 Å². The van der Waals surface area contributed by atoms with Crippen LogP contribution < -0.4 is 15.2 Å². The minimum absolute atomic E-state index is 0.209. The molecule has 0 saturated heterocycles. The van der Waals surface area contributed by atoms with Crippen LogP contribution in [-0.4, -0.2) is 12.2 Å². The molecule has 0 spiro atoms. The van der Waals surface area contributed by atoms with Crippen LogP contribution in [0.4, 0.5) is 5.69 Å². The smallest absolute Gasteiger partial charge is 0.146 e. The fourth-order valence-corrected chi connectivity index (χ4v) is 1.26. The summed E-state index contributed by atoms with van der Waals surface area (Å²) in [5.74, 6) is 1.38. The standard InChI is InChI=1S/C13H21NO2/c1-5-13(3,4)16-11-9-7-8-10(12(11)14)15-6-2/h7-9H,5-6,14H2,1-4H3. The summed E-state index contributed by atoms with van der Waals surface area (Å²) in [5, 5.41) is 0. The molecule has 1 aromatic rings. The van der Waals surface area contributed by atoms with Crippen LogP contribution in [0.25, 0.3) is 0 Å². The second-order valence-corrected chi connectivity index (χ2v) is 4.32. The molecular weight excluding hydrogens is 202 g/mol. The van der Waals surface area contributed by atoms with Crippen LogP contribution in [0.2, 0.25) is 0 Å². The lowest BCUT2D eigenvalue weighted by atomic mass is 10.1. The topological polar surface area (TPSA) is 44.5 Å². The third-order valence-corrected chi connectivity index (χ3v) is 2.56. The summed E-state index contributed by atoms with van der Waals surface area (Å²) in [6.45, 7) is 8.70. The quantitative estimate of drug-likeness (QED) is 0.779. The highest BCUT2D eigenvalue weighted by Crippen LogP contribution is 2.34. The Bertz CT molecular complexity index is 348. The maximum atomic E-state index is 5.98. The van der Waals surface area contributed by atoms with Crippen LogP contribution >= 0.6 is 0 Å². The van der Waals surface area contributed by atoms with Crippen molar-refractivity contribution in [2.24, 2.45) is 0 Å². The van der Waals surface area contributed by atoms with Crippen molar-refractivity contribution in [3.8, 4) is 11.5 Å². The third-order valence-electron chi connectivity index (χ3n) is 2.56. The molecule has 0 saturated carbocycles. The Balaban J connectivity index is 2.93. The van der Waals surface area contributed by atoms with Crippen molar-refractivity contribution in [2.75, 3.05) is 12.3 Å². The van der Waals surface area contributed by atoms with Crippen molar-refractivity contribution < 1.29 is 9.47 Å². The largest absolute Gasteiger partial charge is 0.492 e. The molecule has 0 bridgehead atoms. The van der Waals surface area contributed by atoms with Gasteiger partial charge in [-0.3, -0.25) is 0 Å². The van der Waals surface area contributed by atoms with Crippen LogP contribution in [0.3, 0.4) is 0 Å². The van der Waals surface area contributed by atoms with Crippen molar-refractivity contribution in [3.05, 3.63) is 18.2 Å². The number of nitrogen functional groups attached to an aromatic ring is 1. The number of benzene rings is 1. The molecule has 0 aromatic heterocycles. The van der Waals surface area contributed by atoms with Gasteiger partial charge in [-0.1, -0.05) is 13.0 Å². The number of hydrogen-bond acceptors (Lipinski definition) is 3. The first-order valence-corrected chi connectivity index (χ1v) is 5.70. The Morgan fingerprint density at radius 1 is 1.19 bits per heavy atom. The second-order valence-electron chi connectivity index (χ2n) is 4.32. The van der Waals surface area contributed by atoms with E-state index in [1.165, 1.54) is 0 Å². The highest BCUT2D eigenvalue weighted by molar-refractivity contribution is 5.62. The van der Waals surface area contributed by atoms with Gasteiger partial charge in [0.1, 0.15) is 22.8 Å². The van der Waals surface area contributed by atoms with Gasteiger partial charge >= 0.3 is 0 Å². The Labute approximate surface area is 97.6 Å². The molecule has 3 nitrogen and oxygen atoms in total. The van der Waals surface area contributed by atoms with E-state index in [1.54, 1.807) is 0 Å². The van der Waals surface area contributed by atoms with Gasteiger partial charge in [0.05, 0.1) is 6.61 Å². The summed E-state index contributed by atoms with van der Waals surface area (Å²) in [6, 6.07) is 5.61. The highest BCUT2D eigenvalue weighted by Gasteiger charge is 2.19. The number of nitrogens with two attached hydrogens (primary N) is 1. The van der Waals surface area contributed by atoms with Crippen molar-refractivity contribution in [2.45, 2.75) is 39.7 Å². The Morgan fingerprint density at radius 3 is 2.38 bits per heavy atom. The van der Waals surface area contributed by atoms with Gasteiger partial charge in [0, 0.05) is 0 Å². The van der Waals surface area contributed by atoms with Crippen LogP contribution in [0.5, 0.6) is 11.5 Å². The van der Waals surface area contributed by atoms with Crippen LogP contribution in [0.15, 0.2) is 18.2 Å². The average Bonchev–Trinajstić information content (AvgIpc) is 2.24. The van der Waals surface area contributed by atoms with Gasteiger partial charge in [0.15, 0.2) is 0 Å². The van der Waals surface area contributed by atoms with Gasteiger partial charge < -0.3 is 15.2 Å². The molecule has 0 aliphatic carbocycles. The summed E-state index contributed by atoms with van der Waals surface area (Å²) >= 11 is 0. The lowest BCUT2D eigenvalue weighted by Crippen LogP contribution is -2.27. The maximum Gasteiger partial charge on any atom is 0.146 e. The molecule has 0 aliphatic heterocycles. The Morgan fingerprint density at radius 2 is 1.81 bits per heavy atom. The molecule has 1 aromatic carbocycles. The first kappa shape index (κ1) is 12.7. The lowest BCUT2D eigenvalue weighted by Gasteiger charge is -2.26. The van der Waals surface area contributed by atoms with Crippen LogP contribution in [-0.2, 0) is 0 Å².